The van der Waals surface area contributed by atoms with Gasteiger partial charge in [0.15, 0.2) is 0 Å². The molecule has 2 N–H and O–H groups in total. The van der Waals surface area contributed by atoms with Crippen molar-refractivity contribution < 1.29 is 4.79 Å². The van der Waals surface area contributed by atoms with Crippen molar-refractivity contribution in [2.24, 2.45) is 5.92 Å². The minimum absolute atomic E-state index is 0.0247. The number of carbonyl (C=O) groups excluding carboxylic acids is 1. The van der Waals surface area contributed by atoms with Crippen molar-refractivity contribution in [2.45, 2.75) is 18.9 Å². The summed E-state index contributed by atoms with van der Waals surface area (Å²) in [5, 5.41) is 0. The Bertz CT molecular complexity index is 1140. The molecule has 1 aromatic carbocycles. The number of nitrogens with two attached hydrogens (primary N) is 1. The summed E-state index contributed by atoms with van der Waals surface area (Å²) in [7, 11) is 0. The maximum atomic E-state index is 13.1. The zero-order chi connectivity index (χ0) is 20.0. The molecule has 7 heteroatoms. The van der Waals surface area contributed by atoms with E-state index >= 15 is 0 Å². The van der Waals surface area contributed by atoms with E-state index in [2.05, 4.69) is 9.97 Å². The lowest BCUT2D eigenvalue weighted by molar-refractivity contribution is 0.0594. The summed E-state index contributed by atoms with van der Waals surface area (Å²) in [4.78, 5) is 35.5. The van der Waals surface area contributed by atoms with Crippen molar-refractivity contribution >= 4 is 11.7 Å². The molecular formula is C22H21N5O2. The minimum atomic E-state index is 0.0247. The molecule has 29 heavy (non-hydrogen) atoms. The second-order valence-corrected chi connectivity index (χ2v) is 7.81. The summed E-state index contributed by atoms with van der Waals surface area (Å²) in [6.45, 7) is 2.00. The second kappa shape index (κ2) is 6.84. The van der Waals surface area contributed by atoms with Crippen LogP contribution in [0.1, 0.15) is 28.4 Å². The number of nitrogen functional groups attached to an aromatic ring is 1. The average Bonchev–Trinajstić information content (AvgIpc) is 2.74. The quantitative estimate of drug-likeness (QED) is 0.727. The van der Waals surface area contributed by atoms with Gasteiger partial charge in [-0.2, -0.15) is 0 Å². The summed E-state index contributed by atoms with van der Waals surface area (Å²) in [5.74, 6) is 0.910. The highest BCUT2D eigenvalue weighted by Crippen LogP contribution is 2.35. The molecule has 0 unspecified atom stereocenters. The Kier molecular flexibility index (Phi) is 4.16. The third-order valence-corrected chi connectivity index (χ3v) is 5.85. The fourth-order valence-electron chi connectivity index (χ4n) is 4.55. The Labute approximate surface area is 167 Å². The number of amides is 1. The first kappa shape index (κ1) is 17.6. The first-order chi connectivity index (χ1) is 14.1. The van der Waals surface area contributed by atoms with Gasteiger partial charge < -0.3 is 15.2 Å². The number of rotatable bonds is 2. The van der Waals surface area contributed by atoms with Crippen LogP contribution in [-0.2, 0) is 6.54 Å². The average molecular weight is 387 g/mol. The molecule has 0 aliphatic carbocycles. The van der Waals surface area contributed by atoms with Gasteiger partial charge in [0, 0.05) is 48.4 Å². The Morgan fingerprint density at radius 2 is 1.86 bits per heavy atom. The number of fused-ring (bicyclic) bond motifs is 4. The monoisotopic (exact) mass is 387 g/mol. The predicted molar refractivity (Wildman–Crippen MR) is 109 cm³/mol. The lowest BCUT2D eigenvalue weighted by atomic mass is 9.83. The van der Waals surface area contributed by atoms with Gasteiger partial charge in [-0.05, 0) is 30.5 Å². The molecule has 2 aromatic heterocycles. The number of hydrogen-bond donors (Lipinski definition) is 1. The number of anilines is 1. The summed E-state index contributed by atoms with van der Waals surface area (Å²) >= 11 is 0. The zero-order valence-corrected chi connectivity index (χ0v) is 15.9. The van der Waals surface area contributed by atoms with Crippen LogP contribution in [-0.4, -0.2) is 38.4 Å². The number of nitrogens with zero attached hydrogens (tertiary/aromatic N) is 4. The molecule has 5 rings (SSSR count). The number of hydrogen-bond acceptors (Lipinski definition) is 5. The van der Waals surface area contributed by atoms with Gasteiger partial charge in [0.1, 0.15) is 5.82 Å². The number of likely N-dealkylation sites (tertiary alicyclic amines) is 1. The van der Waals surface area contributed by atoms with Crippen molar-refractivity contribution in [1.29, 1.82) is 0 Å². The zero-order valence-electron chi connectivity index (χ0n) is 15.9. The van der Waals surface area contributed by atoms with Crippen molar-refractivity contribution in [3.63, 3.8) is 0 Å². The van der Waals surface area contributed by atoms with Crippen LogP contribution in [0.2, 0.25) is 0 Å². The van der Waals surface area contributed by atoms with Crippen molar-refractivity contribution in [1.82, 2.24) is 19.4 Å². The van der Waals surface area contributed by atoms with Crippen LogP contribution in [0, 0.1) is 5.92 Å². The Hall–Kier alpha value is -3.48. The lowest BCUT2D eigenvalue weighted by Gasteiger charge is -2.42. The van der Waals surface area contributed by atoms with E-state index in [4.69, 9.17) is 5.73 Å². The summed E-state index contributed by atoms with van der Waals surface area (Å²) in [6, 6.07) is 12.8. The Morgan fingerprint density at radius 1 is 1.03 bits per heavy atom. The van der Waals surface area contributed by atoms with Gasteiger partial charge in [-0.3, -0.25) is 14.6 Å². The number of carbonyl (C=O) groups is 1. The third kappa shape index (κ3) is 3.18. The fraction of sp³-hybridized carbons (Fsp3) is 0.273. The van der Waals surface area contributed by atoms with Crippen LogP contribution in [0.5, 0.6) is 0 Å². The molecule has 0 saturated carbocycles. The molecule has 3 aromatic rings. The van der Waals surface area contributed by atoms with Crippen LogP contribution >= 0.6 is 0 Å². The molecule has 2 aliphatic rings. The van der Waals surface area contributed by atoms with E-state index < -0.39 is 0 Å². The molecule has 1 amide bonds. The highest BCUT2D eigenvalue weighted by molar-refractivity contribution is 5.94. The molecule has 7 nitrogen and oxygen atoms in total. The first-order valence-corrected chi connectivity index (χ1v) is 9.75. The molecule has 0 spiro atoms. The lowest BCUT2D eigenvalue weighted by Crippen LogP contribution is -2.49. The van der Waals surface area contributed by atoms with Crippen molar-refractivity contribution in [3.05, 3.63) is 76.5 Å². The molecule has 146 valence electrons. The van der Waals surface area contributed by atoms with Crippen molar-refractivity contribution in [2.75, 3.05) is 18.8 Å². The molecule has 0 radical (unpaired) electrons. The third-order valence-electron chi connectivity index (χ3n) is 5.85. The van der Waals surface area contributed by atoms with E-state index in [0.717, 1.165) is 17.7 Å². The highest BCUT2D eigenvalue weighted by atomic mass is 16.2. The van der Waals surface area contributed by atoms with E-state index in [0.29, 0.717) is 42.6 Å². The van der Waals surface area contributed by atoms with Gasteiger partial charge >= 0.3 is 0 Å². The van der Waals surface area contributed by atoms with Crippen LogP contribution in [0.4, 0.5) is 5.82 Å². The molecular weight excluding hydrogens is 366 g/mol. The van der Waals surface area contributed by atoms with Gasteiger partial charge in [-0.1, -0.05) is 18.2 Å². The minimum Gasteiger partial charge on any atom is -0.382 e. The molecule has 2 bridgehead atoms. The van der Waals surface area contributed by atoms with E-state index in [1.165, 1.54) is 6.20 Å². The largest absolute Gasteiger partial charge is 0.382 e. The predicted octanol–water partition coefficient (Wildman–Crippen LogP) is 2.15. The highest BCUT2D eigenvalue weighted by Gasteiger charge is 2.36. The van der Waals surface area contributed by atoms with Gasteiger partial charge in [-0.25, -0.2) is 4.98 Å². The van der Waals surface area contributed by atoms with E-state index in [1.807, 2.05) is 45.9 Å². The smallest absolute Gasteiger partial charge is 0.253 e. The standard InChI is InChI=1S/C22H21N5O2/c23-20-10-24-9-18(25-20)15-4-6-16(7-5-15)22(29)26-11-14-8-17(13-26)19-2-1-3-21(28)27(19)12-14/h1-7,9-10,14,17H,8,11-13H2,(H2,23,25)/t14-,17+/m0/s1. The Morgan fingerprint density at radius 3 is 2.66 bits per heavy atom. The van der Waals surface area contributed by atoms with Crippen LogP contribution in [0.25, 0.3) is 11.3 Å². The van der Waals surface area contributed by atoms with E-state index in [9.17, 15) is 9.59 Å². The van der Waals surface area contributed by atoms with Gasteiger partial charge in [-0.15, -0.1) is 0 Å². The van der Waals surface area contributed by atoms with Gasteiger partial charge in [0.25, 0.3) is 11.5 Å². The first-order valence-electron chi connectivity index (χ1n) is 9.75. The molecule has 2 aliphatic heterocycles. The van der Waals surface area contributed by atoms with Crippen molar-refractivity contribution in [3.8, 4) is 11.3 Å². The SMILES string of the molecule is Nc1cncc(-c2ccc(C(=O)N3C[C@@H]4C[C@H](C3)c3cccc(=O)n3C4)cc2)n1. The van der Waals surface area contributed by atoms with Crippen LogP contribution < -0.4 is 11.3 Å². The fourth-order valence-corrected chi connectivity index (χ4v) is 4.55. The summed E-state index contributed by atoms with van der Waals surface area (Å²) < 4.78 is 1.88. The molecule has 1 fully saturated rings. The normalized spacial score (nSPS) is 20.2. The van der Waals surface area contributed by atoms with Crippen LogP contribution in [0.15, 0.2) is 59.7 Å². The topological polar surface area (TPSA) is 94.1 Å². The number of pyridine rings is 1. The van der Waals surface area contributed by atoms with Crippen LogP contribution in [0.3, 0.4) is 0 Å². The van der Waals surface area contributed by atoms with Gasteiger partial charge in [0.2, 0.25) is 0 Å². The Balaban J connectivity index is 1.37. The molecule has 1 saturated heterocycles. The maximum Gasteiger partial charge on any atom is 0.253 e. The van der Waals surface area contributed by atoms with Gasteiger partial charge in [0.05, 0.1) is 18.1 Å². The maximum absolute atomic E-state index is 13.1. The second-order valence-electron chi connectivity index (χ2n) is 7.81. The number of aromatic nitrogens is 3. The summed E-state index contributed by atoms with van der Waals surface area (Å²) in [6.07, 6.45) is 4.18. The van der Waals surface area contributed by atoms with E-state index in [1.54, 1.807) is 12.3 Å². The van der Waals surface area contributed by atoms with E-state index in [-0.39, 0.29) is 17.4 Å². The number of piperidine rings is 1. The number of benzene rings is 1. The molecule has 4 heterocycles. The molecule has 2 atom stereocenters. The summed E-state index contributed by atoms with van der Waals surface area (Å²) in [5.41, 5.74) is 8.99.